The summed E-state index contributed by atoms with van der Waals surface area (Å²) in [4.78, 5) is 31.8. The highest BCUT2D eigenvalue weighted by Gasteiger charge is 2.11. The molecule has 0 aliphatic heterocycles. The molecular weight excluding hydrogens is 388 g/mol. The predicted molar refractivity (Wildman–Crippen MR) is 121 cm³/mol. The Morgan fingerprint density at radius 2 is 1.68 bits per heavy atom. The van der Waals surface area contributed by atoms with Gasteiger partial charge in [-0.05, 0) is 29.3 Å². The quantitative estimate of drug-likeness (QED) is 0.464. The van der Waals surface area contributed by atoms with Crippen molar-refractivity contribution in [1.29, 1.82) is 0 Å². The number of para-hydroxylation sites is 3. The monoisotopic (exact) mass is 408 g/mol. The number of aromatic nitrogens is 3. The molecule has 5 rings (SSSR count). The van der Waals surface area contributed by atoms with Gasteiger partial charge in [-0.2, -0.15) is 0 Å². The number of aromatic amines is 1. The van der Waals surface area contributed by atoms with Gasteiger partial charge >= 0.3 is 0 Å². The molecule has 31 heavy (non-hydrogen) atoms. The number of carbonyl (C=O) groups excluding carboxylic acids is 1. The Kier molecular flexibility index (Phi) is 4.80. The van der Waals surface area contributed by atoms with Gasteiger partial charge in [-0.1, -0.05) is 54.6 Å². The van der Waals surface area contributed by atoms with E-state index in [-0.39, 0.29) is 11.5 Å². The van der Waals surface area contributed by atoms with Gasteiger partial charge in [0.15, 0.2) is 0 Å². The summed E-state index contributed by atoms with van der Waals surface area (Å²) < 4.78 is 2.12. The van der Waals surface area contributed by atoms with E-state index < -0.39 is 0 Å². The molecule has 0 bridgehead atoms. The average molecular weight is 408 g/mol. The largest absolute Gasteiger partial charge is 0.348 e. The molecule has 0 unspecified atom stereocenters. The van der Waals surface area contributed by atoms with Crippen LogP contribution in [0.25, 0.3) is 21.9 Å². The van der Waals surface area contributed by atoms with E-state index in [0.717, 1.165) is 34.1 Å². The van der Waals surface area contributed by atoms with E-state index in [2.05, 4.69) is 38.1 Å². The highest BCUT2D eigenvalue weighted by molar-refractivity contribution is 6.05. The first kappa shape index (κ1) is 18.8. The Labute approximate surface area is 178 Å². The molecule has 3 aromatic carbocycles. The molecular formula is C25H20N4O2. The van der Waals surface area contributed by atoms with Crippen LogP contribution in [0.5, 0.6) is 0 Å². The summed E-state index contributed by atoms with van der Waals surface area (Å²) in [6, 6.07) is 24.8. The van der Waals surface area contributed by atoms with Crippen LogP contribution >= 0.6 is 0 Å². The standard InChI is InChI=1S/C25H20N4O2/c30-24-13-20(19-5-1-2-6-21(19)28-24)25(31)26-14-17-9-11-18(12-10-17)15-29-16-27-22-7-3-4-8-23(22)29/h1-13,16H,14-15H2,(H,26,31)(H,28,30). The van der Waals surface area contributed by atoms with Crippen LogP contribution in [-0.2, 0) is 13.1 Å². The number of rotatable bonds is 5. The molecule has 6 nitrogen and oxygen atoms in total. The third-order valence-corrected chi connectivity index (χ3v) is 5.35. The molecule has 152 valence electrons. The number of nitrogens with zero attached hydrogens (tertiary/aromatic N) is 2. The minimum atomic E-state index is -0.291. The van der Waals surface area contributed by atoms with Crippen molar-refractivity contribution in [2.24, 2.45) is 0 Å². The summed E-state index contributed by atoms with van der Waals surface area (Å²) in [6.45, 7) is 1.11. The highest BCUT2D eigenvalue weighted by Crippen LogP contribution is 2.16. The third-order valence-electron chi connectivity index (χ3n) is 5.35. The molecule has 0 spiro atoms. The number of H-pyrrole nitrogens is 1. The number of nitrogens with one attached hydrogen (secondary N) is 2. The van der Waals surface area contributed by atoms with E-state index in [4.69, 9.17) is 0 Å². The Bertz CT molecular complexity index is 1450. The van der Waals surface area contributed by atoms with Gasteiger partial charge in [-0.25, -0.2) is 4.98 Å². The van der Waals surface area contributed by atoms with Crippen molar-refractivity contribution in [2.45, 2.75) is 13.1 Å². The van der Waals surface area contributed by atoms with Gasteiger partial charge in [0.1, 0.15) is 0 Å². The smallest absolute Gasteiger partial charge is 0.252 e. The Morgan fingerprint density at radius 3 is 2.55 bits per heavy atom. The molecule has 0 saturated heterocycles. The van der Waals surface area contributed by atoms with Gasteiger partial charge in [0.2, 0.25) is 5.56 Å². The molecule has 0 atom stereocenters. The van der Waals surface area contributed by atoms with Gasteiger partial charge in [-0.3, -0.25) is 9.59 Å². The number of carbonyl (C=O) groups is 1. The summed E-state index contributed by atoms with van der Waals surface area (Å²) in [5.41, 5.74) is 4.96. The van der Waals surface area contributed by atoms with Crippen LogP contribution in [0.15, 0.2) is 90.0 Å². The van der Waals surface area contributed by atoms with E-state index >= 15 is 0 Å². The molecule has 5 aromatic rings. The minimum Gasteiger partial charge on any atom is -0.348 e. The molecule has 2 heterocycles. The molecule has 6 heteroatoms. The first-order chi connectivity index (χ1) is 15.2. The van der Waals surface area contributed by atoms with Crippen LogP contribution in [-0.4, -0.2) is 20.4 Å². The molecule has 0 saturated carbocycles. The van der Waals surface area contributed by atoms with E-state index in [1.807, 2.05) is 54.9 Å². The lowest BCUT2D eigenvalue weighted by Crippen LogP contribution is -2.24. The van der Waals surface area contributed by atoms with Crippen LogP contribution in [0.4, 0.5) is 0 Å². The second-order valence-electron chi connectivity index (χ2n) is 7.45. The second kappa shape index (κ2) is 7.91. The number of hydrogen-bond acceptors (Lipinski definition) is 3. The summed E-state index contributed by atoms with van der Waals surface area (Å²) in [5.74, 6) is -0.267. The lowest BCUT2D eigenvalue weighted by Gasteiger charge is -2.09. The van der Waals surface area contributed by atoms with Gasteiger partial charge < -0.3 is 14.9 Å². The summed E-state index contributed by atoms with van der Waals surface area (Å²) in [5, 5.41) is 3.64. The highest BCUT2D eigenvalue weighted by atomic mass is 16.2. The lowest BCUT2D eigenvalue weighted by molar-refractivity contribution is 0.0952. The van der Waals surface area contributed by atoms with Crippen LogP contribution in [0.1, 0.15) is 21.5 Å². The van der Waals surface area contributed by atoms with E-state index in [0.29, 0.717) is 17.6 Å². The number of amides is 1. The minimum absolute atomic E-state index is 0.267. The fourth-order valence-electron chi connectivity index (χ4n) is 3.77. The van der Waals surface area contributed by atoms with Gasteiger partial charge in [0.25, 0.3) is 5.91 Å². The molecule has 0 fully saturated rings. The summed E-state index contributed by atoms with van der Waals surface area (Å²) in [6.07, 6.45) is 1.85. The summed E-state index contributed by atoms with van der Waals surface area (Å²) >= 11 is 0. The molecule has 2 N–H and O–H groups in total. The zero-order valence-corrected chi connectivity index (χ0v) is 16.7. The fourth-order valence-corrected chi connectivity index (χ4v) is 3.77. The number of hydrogen-bond donors (Lipinski definition) is 2. The van der Waals surface area contributed by atoms with Crippen molar-refractivity contribution < 1.29 is 4.79 Å². The van der Waals surface area contributed by atoms with E-state index in [1.54, 1.807) is 6.07 Å². The first-order valence-electron chi connectivity index (χ1n) is 10.1. The maximum Gasteiger partial charge on any atom is 0.252 e. The Morgan fingerprint density at radius 1 is 0.935 bits per heavy atom. The molecule has 1 amide bonds. The SMILES string of the molecule is O=C(NCc1ccc(Cn2cnc3ccccc32)cc1)c1cc(=O)[nH]c2ccccc12. The molecule has 0 aliphatic carbocycles. The van der Waals surface area contributed by atoms with Crippen molar-refractivity contribution in [1.82, 2.24) is 19.9 Å². The zero-order chi connectivity index (χ0) is 21.2. The van der Waals surface area contributed by atoms with Crippen molar-refractivity contribution in [3.63, 3.8) is 0 Å². The van der Waals surface area contributed by atoms with E-state index in [9.17, 15) is 9.59 Å². The number of imidazole rings is 1. The Hall–Kier alpha value is -4.19. The maximum absolute atomic E-state index is 12.7. The number of pyridine rings is 1. The van der Waals surface area contributed by atoms with Crippen molar-refractivity contribution in [2.75, 3.05) is 0 Å². The Balaban J connectivity index is 1.28. The van der Waals surface area contributed by atoms with Crippen LogP contribution in [0, 0.1) is 0 Å². The molecule has 0 radical (unpaired) electrons. The predicted octanol–water partition coefficient (Wildman–Crippen LogP) is 3.86. The van der Waals surface area contributed by atoms with Crippen LogP contribution in [0.3, 0.4) is 0 Å². The second-order valence-corrected chi connectivity index (χ2v) is 7.45. The van der Waals surface area contributed by atoms with Crippen molar-refractivity contribution >= 4 is 27.8 Å². The maximum atomic E-state index is 12.7. The molecule has 2 aromatic heterocycles. The van der Waals surface area contributed by atoms with Crippen LogP contribution in [0.2, 0.25) is 0 Å². The topological polar surface area (TPSA) is 79.8 Å². The van der Waals surface area contributed by atoms with Crippen molar-refractivity contribution in [3.05, 3.63) is 112 Å². The zero-order valence-electron chi connectivity index (χ0n) is 16.7. The lowest BCUT2D eigenvalue weighted by atomic mass is 10.1. The number of benzene rings is 3. The number of fused-ring (bicyclic) bond motifs is 2. The normalized spacial score (nSPS) is 11.1. The van der Waals surface area contributed by atoms with Gasteiger partial charge in [-0.15, -0.1) is 0 Å². The van der Waals surface area contributed by atoms with E-state index in [1.165, 1.54) is 6.07 Å². The molecule has 0 aliphatic rings. The fraction of sp³-hybridized carbons (Fsp3) is 0.0800. The first-order valence-corrected chi connectivity index (χ1v) is 10.1. The van der Waals surface area contributed by atoms with Crippen molar-refractivity contribution in [3.8, 4) is 0 Å². The van der Waals surface area contributed by atoms with Gasteiger partial charge in [0, 0.05) is 30.1 Å². The third kappa shape index (κ3) is 3.83. The average Bonchev–Trinajstić information content (AvgIpc) is 3.20. The van der Waals surface area contributed by atoms with Crippen LogP contribution < -0.4 is 10.9 Å². The van der Waals surface area contributed by atoms with Gasteiger partial charge in [0.05, 0.1) is 22.9 Å². The summed E-state index contributed by atoms with van der Waals surface area (Å²) in [7, 11) is 0.